The minimum atomic E-state index is -4.75. The van der Waals surface area contributed by atoms with E-state index in [-0.39, 0.29) is 12.1 Å². The van der Waals surface area contributed by atoms with Crippen molar-refractivity contribution < 1.29 is 41.3 Å². The van der Waals surface area contributed by atoms with Gasteiger partial charge in [-0.1, -0.05) is 18.2 Å². The molecule has 6 nitrogen and oxygen atoms in total. The molecule has 2 aromatic carbocycles. The van der Waals surface area contributed by atoms with E-state index in [1.165, 1.54) is 6.07 Å². The number of nitrogens with two attached hydrogens (primary N) is 1. The number of nitrogens with zero attached hydrogens (tertiary/aromatic N) is 1. The van der Waals surface area contributed by atoms with Gasteiger partial charge >= 0.3 is 12.1 Å². The molecule has 0 spiro atoms. The number of hydrogen-bond acceptors (Lipinski definition) is 5. The highest BCUT2D eigenvalue weighted by atomic mass is 19.4. The summed E-state index contributed by atoms with van der Waals surface area (Å²) in [7, 11) is 0. The summed E-state index contributed by atoms with van der Waals surface area (Å²) in [4.78, 5) is 14.4. The lowest BCUT2D eigenvalue weighted by atomic mass is 10.0. The predicted octanol–water partition coefficient (Wildman–Crippen LogP) is 5.15. The number of carboxylic acids is 1. The van der Waals surface area contributed by atoms with Gasteiger partial charge in [-0.2, -0.15) is 18.2 Å². The monoisotopic (exact) mass is 468 g/mol. The highest BCUT2D eigenvalue weighted by molar-refractivity contribution is 5.72. The number of benzene rings is 2. The first-order chi connectivity index (χ1) is 15.5. The van der Waals surface area contributed by atoms with Gasteiger partial charge in [-0.05, 0) is 47.9 Å². The van der Waals surface area contributed by atoms with Crippen molar-refractivity contribution >= 4 is 5.97 Å². The van der Waals surface area contributed by atoms with Crippen molar-refractivity contribution in [3.8, 4) is 28.6 Å². The fourth-order valence-corrected chi connectivity index (χ4v) is 2.78. The van der Waals surface area contributed by atoms with E-state index < -0.39 is 53.0 Å². The second kappa shape index (κ2) is 9.41. The first-order valence-corrected chi connectivity index (χ1v) is 9.43. The molecule has 0 fully saturated rings. The van der Waals surface area contributed by atoms with Gasteiger partial charge in [0, 0.05) is 12.6 Å². The smallest absolute Gasteiger partial charge is 0.416 e. The van der Waals surface area contributed by atoms with Crippen LogP contribution in [0.1, 0.15) is 18.1 Å². The molecule has 1 atom stereocenters. The lowest BCUT2D eigenvalue weighted by Crippen LogP contribution is -2.24. The van der Waals surface area contributed by atoms with E-state index >= 15 is 0 Å². The average molecular weight is 468 g/mol. The molecule has 1 heterocycles. The van der Waals surface area contributed by atoms with Crippen LogP contribution >= 0.6 is 0 Å². The molecule has 0 aliphatic rings. The Kier molecular flexibility index (Phi) is 6.82. The second-order valence-electron chi connectivity index (χ2n) is 6.91. The third-order valence-electron chi connectivity index (χ3n) is 4.45. The van der Waals surface area contributed by atoms with E-state index in [0.29, 0.717) is 23.3 Å². The zero-order chi connectivity index (χ0) is 24.3. The molecule has 0 unspecified atom stereocenters. The second-order valence-corrected chi connectivity index (χ2v) is 6.91. The van der Waals surface area contributed by atoms with Gasteiger partial charge in [0.05, 0.1) is 5.56 Å². The molecule has 1 aromatic heterocycles. The molecule has 3 N–H and O–H groups in total. The summed E-state index contributed by atoms with van der Waals surface area (Å²) in [5.41, 5.74) is 5.70. The Hall–Kier alpha value is -3.73. The van der Waals surface area contributed by atoms with Crippen LogP contribution in [-0.4, -0.2) is 22.2 Å². The zero-order valence-corrected chi connectivity index (χ0v) is 17.0. The third kappa shape index (κ3) is 5.75. The molecule has 0 amide bonds. The van der Waals surface area contributed by atoms with Crippen molar-refractivity contribution in [3.63, 3.8) is 0 Å². The summed E-state index contributed by atoms with van der Waals surface area (Å²) >= 11 is 0. The van der Waals surface area contributed by atoms with Crippen molar-refractivity contribution in [1.29, 1.82) is 0 Å². The first-order valence-electron chi connectivity index (χ1n) is 9.43. The van der Waals surface area contributed by atoms with Crippen LogP contribution < -0.4 is 15.2 Å². The number of ether oxygens (including phenoxy) is 2. The van der Waals surface area contributed by atoms with Gasteiger partial charge in [-0.25, -0.2) is 13.6 Å². The maximum atomic E-state index is 14.2. The number of carboxylic acid groups (broad SMARTS) is 1. The van der Waals surface area contributed by atoms with Crippen molar-refractivity contribution in [1.82, 2.24) is 4.98 Å². The summed E-state index contributed by atoms with van der Waals surface area (Å²) in [5, 5.41) is 8.88. The summed E-state index contributed by atoms with van der Waals surface area (Å²) in [6.45, 7) is 1.25. The summed E-state index contributed by atoms with van der Waals surface area (Å²) in [5.74, 6) is -6.30. The summed E-state index contributed by atoms with van der Waals surface area (Å²) < 4.78 is 78.6. The van der Waals surface area contributed by atoms with Gasteiger partial charge in [0.1, 0.15) is 5.75 Å². The van der Waals surface area contributed by atoms with E-state index in [4.69, 9.17) is 20.3 Å². The van der Waals surface area contributed by atoms with Crippen LogP contribution in [0, 0.1) is 11.6 Å². The maximum absolute atomic E-state index is 14.2. The van der Waals surface area contributed by atoms with Crippen LogP contribution in [0.25, 0.3) is 11.1 Å². The molecule has 0 saturated carbocycles. The number of aliphatic carboxylic acids is 1. The van der Waals surface area contributed by atoms with E-state index in [9.17, 15) is 26.7 Å². The van der Waals surface area contributed by atoms with Crippen LogP contribution in [0.5, 0.6) is 17.5 Å². The van der Waals surface area contributed by atoms with E-state index in [2.05, 4.69) is 4.98 Å². The van der Waals surface area contributed by atoms with Gasteiger partial charge in [-0.3, -0.25) is 0 Å². The van der Waals surface area contributed by atoms with Crippen molar-refractivity contribution in [2.45, 2.75) is 25.7 Å². The quantitative estimate of drug-likeness (QED) is 0.466. The molecule has 0 aliphatic heterocycles. The number of halogens is 5. The zero-order valence-electron chi connectivity index (χ0n) is 17.0. The van der Waals surface area contributed by atoms with E-state index in [1.807, 2.05) is 0 Å². The number of alkyl halides is 3. The third-order valence-corrected chi connectivity index (χ3v) is 4.45. The Morgan fingerprint density at radius 2 is 1.76 bits per heavy atom. The fourth-order valence-electron chi connectivity index (χ4n) is 2.78. The Labute approximate surface area is 184 Å². The lowest BCUT2D eigenvalue weighted by Gasteiger charge is -2.15. The van der Waals surface area contributed by atoms with Gasteiger partial charge in [-0.15, -0.1) is 0 Å². The number of hydrogen-bond donors (Lipinski definition) is 2. The van der Waals surface area contributed by atoms with Crippen molar-refractivity contribution in [2.75, 3.05) is 0 Å². The number of pyridine rings is 1. The fraction of sp³-hybridized carbons (Fsp3) is 0.182. The normalized spacial score (nSPS) is 12.3. The average Bonchev–Trinajstić information content (AvgIpc) is 2.76. The lowest BCUT2D eigenvalue weighted by molar-refractivity contribution is -0.144. The van der Waals surface area contributed by atoms with Gasteiger partial charge in [0.15, 0.2) is 17.7 Å². The number of rotatable bonds is 7. The Morgan fingerprint density at radius 1 is 1.06 bits per heavy atom. The van der Waals surface area contributed by atoms with E-state index in [0.717, 1.165) is 13.0 Å². The Balaban J connectivity index is 2.05. The molecule has 0 bridgehead atoms. The van der Waals surface area contributed by atoms with Gasteiger partial charge in [0.25, 0.3) is 11.8 Å². The molecule has 33 heavy (non-hydrogen) atoms. The first kappa shape index (κ1) is 23.9. The van der Waals surface area contributed by atoms with Crippen LogP contribution in [0.3, 0.4) is 0 Å². The summed E-state index contributed by atoms with van der Waals surface area (Å²) in [6.07, 6.45) is -6.28. The topological polar surface area (TPSA) is 94.7 Å². The highest BCUT2D eigenvalue weighted by Gasteiger charge is 2.32. The minimum absolute atomic E-state index is 0.105. The molecule has 11 heteroatoms. The number of aromatic nitrogens is 1. The number of carbonyl (C=O) groups is 1. The van der Waals surface area contributed by atoms with Crippen LogP contribution in [0.2, 0.25) is 0 Å². The van der Waals surface area contributed by atoms with Crippen LogP contribution in [0.15, 0.2) is 48.5 Å². The van der Waals surface area contributed by atoms with Gasteiger partial charge in [0.2, 0.25) is 0 Å². The molecule has 3 aromatic rings. The largest absolute Gasteiger partial charge is 0.479 e. The molecule has 0 aliphatic carbocycles. The molecule has 0 saturated heterocycles. The molecular formula is C22H17F5N2O4. The molecular weight excluding hydrogens is 451 g/mol. The van der Waals surface area contributed by atoms with Crippen LogP contribution in [0.4, 0.5) is 22.0 Å². The van der Waals surface area contributed by atoms with E-state index in [1.54, 1.807) is 24.3 Å². The predicted molar refractivity (Wildman–Crippen MR) is 107 cm³/mol. The van der Waals surface area contributed by atoms with Crippen molar-refractivity contribution in [3.05, 3.63) is 71.3 Å². The minimum Gasteiger partial charge on any atom is -0.479 e. The van der Waals surface area contributed by atoms with Crippen LogP contribution in [-0.2, 0) is 17.5 Å². The Bertz CT molecular complexity index is 1180. The summed E-state index contributed by atoms with van der Waals surface area (Å²) in [6, 6.07) is 9.53. The molecule has 0 radical (unpaired) electrons. The van der Waals surface area contributed by atoms with Gasteiger partial charge < -0.3 is 20.3 Å². The highest BCUT2D eigenvalue weighted by Crippen LogP contribution is 2.37. The maximum Gasteiger partial charge on any atom is 0.416 e. The standard InChI is InChI=1S/C22H17F5N2O4/c1-11(21(30)31)32-19-17(23)9-18(24)20(29-19)33-16-7-14(6-15(8-16)22(25,26)27)13-4-2-3-12(5-13)10-28/h2-9,11H,10,28H2,1H3,(H,30,31)/t11-/m1/s1. The molecule has 3 rings (SSSR count). The molecule has 174 valence electrons. The SMILES string of the molecule is C[C@@H](Oc1nc(Oc2cc(-c3cccc(CN)c3)cc(C(F)(F)F)c2)c(F)cc1F)C(=O)O. The van der Waals surface area contributed by atoms with Crippen molar-refractivity contribution in [2.24, 2.45) is 5.73 Å². The Morgan fingerprint density at radius 3 is 2.39 bits per heavy atom.